The van der Waals surface area contributed by atoms with Gasteiger partial charge in [0.2, 0.25) is 5.95 Å². The van der Waals surface area contributed by atoms with E-state index in [0.29, 0.717) is 17.2 Å². The van der Waals surface area contributed by atoms with Crippen LogP contribution in [0.4, 0.5) is 11.8 Å². The van der Waals surface area contributed by atoms with Crippen LogP contribution in [-0.4, -0.2) is 30.4 Å². The number of pyridine rings is 1. The second-order valence-electron chi connectivity index (χ2n) is 4.21. The van der Waals surface area contributed by atoms with E-state index >= 15 is 0 Å². The molecule has 2 rings (SSSR count). The van der Waals surface area contributed by atoms with Crippen LogP contribution in [-0.2, 0) is 10.0 Å². The first-order chi connectivity index (χ1) is 9.40. The van der Waals surface area contributed by atoms with Crippen LogP contribution in [0.25, 0.3) is 0 Å². The molecule has 0 aliphatic rings. The summed E-state index contributed by atoms with van der Waals surface area (Å²) in [6, 6.07) is 4.81. The van der Waals surface area contributed by atoms with Gasteiger partial charge in [0, 0.05) is 24.6 Å². The van der Waals surface area contributed by atoms with E-state index in [1.165, 1.54) is 12.3 Å². The third kappa shape index (κ3) is 3.21. The van der Waals surface area contributed by atoms with E-state index < -0.39 is 10.0 Å². The second-order valence-corrected chi connectivity index (χ2v) is 5.89. The molecule has 7 nitrogen and oxygen atoms in total. The molecule has 20 heavy (non-hydrogen) atoms. The van der Waals surface area contributed by atoms with Gasteiger partial charge in [0.15, 0.2) is 0 Å². The summed E-state index contributed by atoms with van der Waals surface area (Å²) in [5.41, 5.74) is 1.39. The minimum Gasteiger partial charge on any atom is -0.373 e. The Kier molecular flexibility index (Phi) is 3.84. The Morgan fingerprint density at radius 1 is 1.10 bits per heavy atom. The number of sulfonamides is 1. The van der Waals surface area contributed by atoms with Gasteiger partial charge in [-0.3, -0.25) is 0 Å². The number of nitrogens with zero attached hydrogens (tertiary/aromatic N) is 3. The lowest BCUT2D eigenvalue weighted by Crippen LogP contribution is -2.16. The quantitative estimate of drug-likeness (QED) is 0.882. The number of aryl methyl sites for hydroxylation is 2. The minimum atomic E-state index is -3.74. The van der Waals surface area contributed by atoms with Gasteiger partial charge in [-0.05, 0) is 32.0 Å². The van der Waals surface area contributed by atoms with Gasteiger partial charge < -0.3 is 5.32 Å². The molecular formula is C12H15N5O2S. The summed E-state index contributed by atoms with van der Waals surface area (Å²) in [7, 11) is -2.03. The topological polar surface area (TPSA) is 96.9 Å². The van der Waals surface area contributed by atoms with Gasteiger partial charge in [-0.2, -0.15) is 0 Å². The van der Waals surface area contributed by atoms with Crippen molar-refractivity contribution >= 4 is 21.8 Å². The molecule has 0 aliphatic heterocycles. The number of hydrogen-bond donors (Lipinski definition) is 2. The SMILES string of the molecule is CNc1ccc(S(=O)(=O)Nc2nc(C)cc(C)n2)cn1. The molecule has 0 unspecified atom stereocenters. The summed E-state index contributed by atoms with van der Waals surface area (Å²) in [6.07, 6.45) is 1.27. The number of anilines is 2. The summed E-state index contributed by atoms with van der Waals surface area (Å²) >= 11 is 0. The number of rotatable bonds is 4. The fraction of sp³-hybridized carbons (Fsp3) is 0.250. The molecule has 0 atom stereocenters. The third-order valence-corrected chi connectivity index (χ3v) is 3.82. The first kappa shape index (κ1) is 14.2. The van der Waals surface area contributed by atoms with Crippen molar-refractivity contribution in [2.45, 2.75) is 18.7 Å². The zero-order chi connectivity index (χ0) is 14.8. The van der Waals surface area contributed by atoms with Crippen LogP contribution in [0.2, 0.25) is 0 Å². The second kappa shape index (κ2) is 5.41. The minimum absolute atomic E-state index is 0.0549. The largest absolute Gasteiger partial charge is 0.373 e. The summed E-state index contributed by atoms with van der Waals surface area (Å²) in [4.78, 5) is 12.1. The van der Waals surface area contributed by atoms with E-state index in [-0.39, 0.29) is 10.8 Å². The molecule has 0 radical (unpaired) electrons. The van der Waals surface area contributed by atoms with Crippen molar-refractivity contribution in [1.82, 2.24) is 15.0 Å². The monoisotopic (exact) mass is 293 g/mol. The van der Waals surface area contributed by atoms with E-state index in [1.54, 1.807) is 33.0 Å². The maximum Gasteiger partial charge on any atom is 0.265 e. The molecule has 0 bridgehead atoms. The van der Waals surface area contributed by atoms with Gasteiger partial charge in [-0.1, -0.05) is 0 Å². The normalized spacial score (nSPS) is 11.2. The average Bonchev–Trinajstić information content (AvgIpc) is 2.37. The Balaban J connectivity index is 2.30. The molecule has 8 heteroatoms. The van der Waals surface area contributed by atoms with Crippen molar-refractivity contribution in [3.05, 3.63) is 35.8 Å². The molecule has 0 fully saturated rings. The van der Waals surface area contributed by atoms with Crippen LogP contribution in [0.5, 0.6) is 0 Å². The van der Waals surface area contributed by atoms with Crippen LogP contribution in [0, 0.1) is 13.8 Å². The van der Waals surface area contributed by atoms with Crippen molar-refractivity contribution in [3.8, 4) is 0 Å². The molecule has 0 aliphatic carbocycles. The van der Waals surface area contributed by atoms with Gasteiger partial charge in [0.05, 0.1) is 0 Å². The van der Waals surface area contributed by atoms with Crippen LogP contribution in [0.15, 0.2) is 29.3 Å². The molecule has 0 amide bonds. The highest BCUT2D eigenvalue weighted by Gasteiger charge is 2.16. The highest BCUT2D eigenvalue weighted by atomic mass is 32.2. The molecule has 0 saturated carbocycles. The van der Waals surface area contributed by atoms with Crippen LogP contribution < -0.4 is 10.0 Å². The van der Waals surface area contributed by atoms with Gasteiger partial charge in [0.25, 0.3) is 10.0 Å². The van der Waals surface area contributed by atoms with Crippen molar-refractivity contribution in [3.63, 3.8) is 0 Å². The number of hydrogen-bond acceptors (Lipinski definition) is 6. The lowest BCUT2D eigenvalue weighted by molar-refractivity contribution is 0.600. The summed E-state index contributed by atoms with van der Waals surface area (Å²) < 4.78 is 26.7. The summed E-state index contributed by atoms with van der Waals surface area (Å²) in [5, 5.41) is 2.82. The fourth-order valence-corrected chi connectivity index (χ4v) is 2.53. The van der Waals surface area contributed by atoms with Crippen LogP contribution in [0.1, 0.15) is 11.4 Å². The fourth-order valence-electron chi connectivity index (χ4n) is 1.64. The van der Waals surface area contributed by atoms with E-state index in [9.17, 15) is 8.42 Å². The average molecular weight is 293 g/mol. The van der Waals surface area contributed by atoms with Crippen molar-refractivity contribution in [1.29, 1.82) is 0 Å². The highest BCUT2D eigenvalue weighted by molar-refractivity contribution is 7.92. The van der Waals surface area contributed by atoms with Crippen LogP contribution >= 0.6 is 0 Å². The molecule has 0 aromatic carbocycles. The molecule has 0 spiro atoms. The standard InChI is InChI=1S/C12H15N5O2S/c1-8-6-9(2)16-12(15-8)17-20(18,19)10-4-5-11(13-3)14-7-10/h4-7H,1-3H3,(H,13,14)(H,15,16,17). The van der Waals surface area contributed by atoms with E-state index in [0.717, 1.165) is 0 Å². The zero-order valence-corrected chi connectivity index (χ0v) is 12.2. The molecule has 2 N–H and O–H groups in total. The highest BCUT2D eigenvalue weighted by Crippen LogP contribution is 2.14. The smallest absolute Gasteiger partial charge is 0.265 e. The lowest BCUT2D eigenvalue weighted by Gasteiger charge is -2.08. The van der Waals surface area contributed by atoms with Crippen molar-refractivity contribution in [2.24, 2.45) is 0 Å². The molecule has 2 heterocycles. The molecule has 2 aromatic heterocycles. The maximum atomic E-state index is 12.2. The lowest BCUT2D eigenvalue weighted by atomic mass is 10.4. The Morgan fingerprint density at radius 3 is 2.25 bits per heavy atom. The van der Waals surface area contributed by atoms with E-state index in [1.807, 2.05) is 0 Å². The molecule has 2 aromatic rings. The number of nitrogens with one attached hydrogen (secondary N) is 2. The first-order valence-corrected chi connectivity index (χ1v) is 7.38. The van der Waals surface area contributed by atoms with Gasteiger partial charge >= 0.3 is 0 Å². The zero-order valence-electron chi connectivity index (χ0n) is 11.4. The Hall–Kier alpha value is -2.22. The van der Waals surface area contributed by atoms with Gasteiger partial charge in [0.1, 0.15) is 10.7 Å². The third-order valence-electron chi connectivity index (χ3n) is 2.51. The van der Waals surface area contributed by atoms with Crippen LogP contribution in [0.3, 0.4) is 0 Å². The Bertz CT molecular complexity index is 693. The summed E-state index contributed by atoms with van der Waals surface area (Å²) in [5.74, 6) is 0.645. The Labute approximate surface area is 117 Å². The van der Waals surface area contributed by atoms with Gasteiger partial charge in [-0.15, -0.1) is 0 Å². The Morgan fingerprint density at radius 2 is 1.75 bits per heavy atom. The van der Waals surface area contributed by atoms with Crippen molar-refractivity contribution < 1.29 is 8.42 Å². The molecule has 0 saturated heterocycles. The maximum absolute atomic E-state index is 12.2. The predicted molar refractivity (Wildman–Crippen MR) is 76.1 cm³/mol. The van der Waals surface area contributed by atoms with Crippen molar-refractivity contribution in [2.75, 3.05) is 17.1 Å². The molecular weight excluding hydrogens is 278 g/mol. The summed E-state index contributed by atoms with van der Waals surface area (Å²) in [6.45, 7) is 3.55. The van der Waals surface area contributed by atoms with E-state index in [2.05, 4.69) is 25.0 Å². The van der Waals surface area contributed by atoms with E-state index in [4.69, 9.17) is 0 Å². The van der Waals surface area contributed by atoms with Gasteiger partial charge in [-0.25, -0.2) is 28.1 Å². The number of aromatic nitrogens is 3. The first-order valence-electron chi connectivity index (χ1n) is 5.89. The predicted octanol–water partition coefficient (Wildman–Crippen LogP) is 1.33. The molecule has 106 valence electrons.